The number of carbonyl (C=O) groups excluding carboxylic acids is 1. The largest absolute Gasteiger partial charge is 0.465 e. The molecule has 0 N–H and O–H groups in total. The van der Waals surface area contributed by atoms with Gasteiger partial charge in [-0.05, 0) is 24.6 Å². The average molecular weight is 402 g/mol. The van der Waals surface area contributed by atoms with E-state index >= 15 is 0 Å². The van der Waals surface area contributed by atoms with Gasteiger partial charge in [0.2, 0.25) is 0 Å². The molecule has 2 heterocycles. The van der Waals surface area contributed by atoms with E-state index in [4.69, 9.17) is 4.74 Å². The first-order valence-electron chi connectivity index (χ1n) is 7.87. The Labute approximate surface area is 152 Å². The first-order valence-corrected chi connectivity index (χ1v) is 8.66. The molecule has 4 rings (SSSR count). The lowest BCUT2D eigenvalue weighted by atomic mass is 10.1. The Morgan fingerprint density at radius 3 is 2.88 bits per heavy atom. The second-order valence-electron chi connectivity index (χ2n) is 6.09. The summed E-state index contributed by atoms with van der Waals surface area (Å²) in [5.41, 5.74) is 3.19. The summed E-state index contributed by atoms with van der Waals surface area (Å²) in [5.74, 6) is 0.0213. The Morgan fingerprint density at radius 2 is 2.20 bits per heavy atom. The van der Waals surface area contributed by atoms with Crippen molar-refractivity contribution in [3.8, 4) is 5.69 Å². The van der Waals surface area contributed by atoms with Gasteiger partial charge in [0, 0.05) is 29.6 Å². The van der Waals surface area contributed by atoms with Crippen LogP contribution in [0.15, 0.2) is 41.1 Å². The van der Waals surface area contributed by atoms with E-state index in [1.807, 2.05) is 42.2 Å². The summed E-state index contributed by atoms with van der Waals surface area (Å²) in [6.45, 7) is 0. The maximum atomic E-state index is 12.2. The molecular formula is C17H16BrN5O2. The van der Waals surface area contributed by atoms with Crippen molar-refractivity contribution in [3.63, 3.8) is 0 Å². The predicted octanol–water partition coefficient (Wildman–Crippen LogP) is 2.82. The van der Waals surface area contributed by atoms with Crippen LogP contribution in [0.25, 0.3) is 5.69 Å². The molecule has 0 radical (unpaired) electrons. The third-order valence-electron chi connectivity index (χ3n) is 4.41. The van der Waals surface area contributed by atoms with Crippen LogP contribution < -0.4 is 0 Å². The number of methoxy groups -OCH3 is 1. The molecule has 0 amide bonds. The summed E-state index contributed by atoms with van der Waals surface area (Å²) in [4.78, 5) is 12.2. The lowest BCUT2D eigenvalue weighted by Crippen LogP contribution is -2.08. The van der Waals surface area contributed by atoms with Crippen LogP contribution >= 0.6 is 15.9 Å². The standard InChI is InChI=1S/C17H16BrN5O2/c1-22-9-15(20-21-22)12-7-13(12)16-14(17(24)25-2)8-19-23(16)11-5-3-4-10(18)6-11/h3-6,8-9,12-13H,7H2,1-2H3/t12-,13-/m1/s1. The van der Waals surface area contributed by atoms with E-state index in [2.05, 4.69) is 31.3 Å². The Hall–Kier alpha value is -2.48. The van der Waals surface area contributed by atoms with Crippen molar-refractivity contribution in [1.82, 2.24) is 24.8 Å². The van der Waals surface area contributed by atoms with Crippen LogP contribution in [0.2, 0.25) is 0 Å². The molecule has 8 heteroatoms. The van der Waals surface area contributed by atoms with E-state index in [0.29, 0.717) is 5.56 Å². The van der Waals surface area contributed by atoms with Gasteiger partial charge in [-0.25, -0.2) is 9.48 Å². The highest BCUT2D eigenvalue weighted by molar-refractivity contribution is 9.10. The molecule has 1 fully saturated rings. The number of benzene rings is 1. The van der Waals surface area contributed by atoms with Gasteiger partial charge in [0.15, 0.2) is 0 Å². The van der Waals surface area contributed by atoms with Gasteiger partial charge in [0.25, 0.3) is 0 Å². The number of rotatable bonds is 4. The molecule has 7 nitrogen and oxygen atoms in total. The van der Waals surface area contributed by atoms with Gasteiger partial charge in [0.05, 0.1) is 30.4 Å². The molecule has 0 saturated heterocycles. The van der Waals surface area contributed by atoms with E-state index in [1.54, 1.807) is 10.9 Å². The highest BCUT2D eigenvalue weighted by atomic mass is 79.9. The van der Waals surface area contributed by atoms with Crippen LogP contribution in [-0.4, -0.2) is 37.9 Å². The molecule has 2 atom stereocenters. The second-order valence-corrected chi connectivity index (χ2v) is 7.01. The topological polar surface area (TPSA) is 74.8 Å². The summed E-state index contributed by atoms with van der Waals surface area (Å²) in [6, 6.07) is 7.82. The number of halogens is 1. The zero-order valence-corrected chi connectivity index (χ0v) is 15.3. The van der Waals surface area contributed by atoms with Gasteiger partial charge in [-0.1, -0.05) is 27.2 Å². The SMILES string of the molecule is COC(=O)c1cnn(-c2cccc(Br)c2)c1[C@@H]1C[C@H]1c1cn(C)nn1. The highest BCUT2D eigenvalue weighted by Gasteiger charge is 2.46. The van der Waals surface area contributed by atoms with Crippen LogP contribution in [-0.2, 0) is 11.8 Å². The molecule has 25 heavy (non-hydrogen) atoms. The normalized spacial score (nSPS) is 19.0. The number of esters is 1. The first-order chi connectivity index (χ1) is 12.1. The van der Waals surface area contributed by atoms with Crippen molar-refractivity contribution in [2.45, 2.75) is 18.3 Å². The fourth-order valence-electron chi connectivity index (χ4n) is 3.15. The minimum atomic E-state index is -0.374. The summed E-state index contributed by atoms with van der Waals surface area (Å²) in [7, 11) is 3.23. The van der Waals surface area contributed by atoms with E-state index in [0.717, 1.165) is 28.0 Å². The molecule has 0 bridgehead atoms. The fraction of sp³-hybridized carbons (Fsp3) is 0.294. The summed E-state index contributed by atoms with van der Waals surface area (Å²) in [6.07, 6.45) is 4.40. The van der Waals surface area contributed by atoms with E-state index < -0.39 is 0 Å². The van der Waals surface area contributed by atoms with Gasteiger partial charge in [-0.15, -0.1) is 5.10 Å². The monoisotopic (exact) mass is 401 g/mol. The summed E-state index contributed by atoms with van der Waals surface area (Å²) in [5, 5.41) is 12.7. The molecule has 1 saturated carbocycles. The van der Waals surface area contributed by atoms with Gasteiger partial charge >= 0.3 is 5.97 Å². The highest BCUT2D eigenvalue weighted by Crippen LogP contribution is 2.55. The lowest BCUT2D eigenvalue weighted by Gasteiger charge is -2.09. The lowest BCUT2D eigenvalue weighted by molar-refractivity contribution is 0.0599. The Bertz CT molecular complexity index is 948. The number of hydrogen-bond acceptors (Lipinski definition) is 5. The Morgan fingerprint density at radius 1 is 1.36 bits per heavy atom. The van der Waals surface area contributed by atoms with Crippen LogP contribution in [0, 0.1) is 0 Å². The Balaban J connectivity index is 1.77. The summed E-state index contributed by atoms with van der Waals surface area (Å²) >= 11 is 3.48. The smallest absolute Gasteiger partial charge is 0.341 e. The van der Waals surface area contributed by atoms with Crippen LogP contribution in [0.3, 0.4) is 0 Å². The quantitative estimate of drug-likeness (QED) is 0.628. The molecule has 128 valence electrons. The van der Waals surface area contributed by atoms with Crippen molar-refractivity contribution in [2.24, 2.45) is 7.05 Å². The number of nitrogens with zero attached hydrogens (tertiary/aromatic N) is 5. The average Bonchev–Trinajstić information content (AvgIpc) is 3.06. The van der Waals surface area contributed by atoms with Crippen molar-refractivity contribution in [3.05, 3.63) is 58.1 Å². The van der Waals surface area contributed by atoms with Gasteiger partial charge < -0.3 is 4.74 Å². The van der Waals surface area contributed by atoms with E-state index in [9.17, 15) is 4.79 Å². The number of hydrogen-bond donors (Lipinski definition) is 0. The van der Waals surface area contributed by atoms with E-state index in [-0.39, 0.29) is 17.8 Å². The Kier molecular flexibility index (Phi) is 3.91. The van der Waals surface area contributed by atoms with Crippen LogP contribution in [0.1, 0.15) is 40.0 Å². The third kappa shape index (κ3) is 2.86. The number of aryl methyl sites for hydroxylation is 1. The van der Waals surface area contributed by atoms with Gasteiger partial charge in [-0.2, -0.15) is 5.10 Å². The van der Waals surface area contributed by atoms with Crippen LogP contribution in [0.5, 0.6) is 0 Å². The fourth-order valence-corrected chi connectivity index (χ4v) is 3.54. The molecule has 0 spiro atoms. The zero-order valence-electron chi connectivity index (χ0n) is 13.8. The number of aromatic nitrogens is 5. The molecule has 1 aliphatic carbocycles. The molecule has 0 unspecified atom stereocenters. The zero-order chi connectivity index (χ0) is 17.6. The van der Waals surface area contributed by atoms with E-state index in [1.165, 1.54) is 7.11 Å². The number of ether oxygens (including phenoxy) is 1. The second kappa shape index (κ2) is 6.11. The van der Waals surface area contributed by atoms with Gasteiger partial charge in [-0.3, -0.25) is 4.68 Å². The summed E-state index contributed by atoms with van der Waals surface area (Å²) < 4.78 is 9.40. The van der Waals surface area contributed by atoms with Crippen LogP contribution in [0.4, 0.5) is 0 Å². The van der Waals surface area contributed by atoms with Crippen molar-refractivity contribution < 1.29 is 9.53 Å². The minimum Gasteiger partial charge on any atom is -0.465 e. The van der Waals surface area contributed by atoms with Crippen molar-refractivity contribution in [1.29, 1.82) is 0 Å². The first kappa shape index (κ1) is 16.0. The molecule has 0 aliphatic heterocycles. The predicted molar refractivity (Wildman–Crippen MR) is 93.7 cm³/mol. The molecule has 1 aliphatic rings. The molecule has 2 aromatic heterocycles. The molecule has 3 aromatic rings. The number of carbonyl (C=O) groups is 1. The maximum absolute atomic E-state index is 12.2. The third-order valence-corrected chi connectivity index (χ3v) is 4.90. The van der Waals surface area contributed by atoms with Crippen molar-refractivity contribution >= 4 is 21.9 Å². The maximum Gasteiger partial charge on any atom is 0.341 e. The molecular weight excluding hydrogens is 386 g/mol. The van der Waals surface area contributed by atoms with Gasteiger partial charge in [0.1, 0.15) is 5.56 Å². The molecule has 1 aromatic carbocycles. The minimum absolute atomic E-state index is 0.160. The van der Waals surface area contributed by atoms with Crippen molar-refractivity contribution in [2.75, 3.05) is 7.11 Å².